The monoisotopic (exact) mass is 481 g/mol. The van der Waals surface area contributed by atoms with E-state index >= 15 is 0 Å². The second kappa shape index (κ2) is 11.4. The van der Waals surface area contributed by atoms with Crippen LogP contribution in [-0.4, -0.2) is 47.9 Å². The molecule has 1 heterocycles. The van der Waals surface area contributed by atoms with Gasteiger partial charge in [0.25, 0.3) is 5.91 Å². The molecule has 9 heteroatoms. The van der Waals surface area contributed by atoms with Crippen molar-refractivity contribution in [1.29, 1.82) is 0 Å². The van der Waals surface area contributed by atoms with Crippen LogP contribution in [0.2, 0.25) is 0 Å². The number of likely N-dealkylation sites (N-methyl/N-ethyl adjacent to an activating group) is 1. The normalized spacial score (nSPS) is 10.5. The van der Waals surface area contributed by atoms with Crippen molar-refractivity contribution in [2.45, 2.75) is 27.4 Å². The highest BCUT2D eigenvalue weighted by atomic mass is 32.1. The molecule has 0 atom stereocenters. The minimum absolute atomic E-state index is 0.163. The van der Waals surface area contributed by atoms with Gasteiger partial charge < -0.3 is 19.7 Å². The topological polar surface area (TPSA) is 97.8 Å². The van der Waals surface area contributed by atoms with Gasteiger partial charge in [-0.15, -0.1) is 11.3 Å². The molecule has 34 heavy (non-hydrogen) atoms. The molecule has 0 fully saturated rings. The van der Waals surface area contributed by atoms with Gasteiger partial charge in [0.05, 0.1) is 22.8 Å². The number of anilines is 1. The Hall–Kier alpha value is -3.72. The van der Waals surface area contributed by atoms with Crippen LogP contribution in [-0.2, 0) is 20.9 Å². The molecule has 0 aliphatic heterocycles. The zero-order valence-electron chi connectivity index (χ0n) is 19.6. The smallest absolute Gasteiger partial charge is 0.338 e. The van der Waals surface area contributed by atoms with Crippen molar-refractivity contribution in [2.24, 2.45) is 0 Å². The standard InChI is InChI=1S/C25H27N3O5S/c1-16-7-5-8-17(2)24(16)27-22(29)12-28(4)23(30)14-33-25(31)19-9-6-10-21(11-19)32-13-20-15-34-18(3)26-20/h5-11,15H,12-14H2,1-4H3,(H,27,29). The van der Waals surface area contributed by atoms with Gasteiger partial charge in [-0.2, -0.15) is 0 Å². The number of thiazole rings is 1. The first kappa shape index (κ1) is 24.9. The number of nitrogens with zero attached hydrogens (tertiary/aromatic N) is 2. The Labute approximate surface area is 202 Å². The first-order chi connectivity index (χ1) is 16.2. The van der Waals surface area contributed by atoms with Crippen LogP contribution in [0.4, 0.5) is 5.69 Å². The van der Waals surface area contributed by atoms with Gasteiger partial charge in [0, 0.05) is 18.1 Å². The Balaban J connectivity index is 1.48. The maximum absolute atomic E-state index is 12.4. The van der Waals surface area contributed by atoms with Crippen molar-refractivity contribution in [2.75, 3.05) is 25.5 Å². The minimum Gasteiger partial charge on any atom is -0.487 e. The van der Waals surface area contributed by atoms with Gasteiger partial charge in [-0.05, 0) is 50.1 Å². The van der Waals surface area contributed by atoms with Gasteiger partial charge in [0.2, 0.25) is 5.91 Å². The summed E-state index contributed by atoms with van der Waals surface area (Å²) in [5.74, 6) is -0.987. The molecule has 0 spiro atoms. The summed E-state index contributed by atoms with van der Waals surface area (Å²) < 4.78 is 10.8. The van der Waals surface area contributed by atoms with Gasteiger partial charge in [0.1, 0.15) is 12.4 Å². The van der Waals surface area contributed by atoms with Crippen LogP contribution < -0.4 is 10.1 Å². The fourth-order valence-corrected chi connectivity index (χ4v) is 3.76. The Morgan fingerprint density at radius 2 is 1.76 bits per heavy atom. The van der Waals surface area contributed by atoms with Crippen molar-refractivity contribution < 1.29 is 23.9 Å². The number of hydrogen-bond donors (Lipinski definition) is 1. The first-order valence-electron chi connectivity index (χ1n) is 10.6. The van der Waals surface area contributed by atoms with Crippen molar-refractivity contribution in [3.05, 3.63) is 75.2 Å². The molecular weight excluding hydrogens is 454 g/mol. The molecule has 2 amide bonds. The number of carbonyl (C=O) groups excluding carboxylic acids is 3. The van der Waals surface area contributed by atoms with Crippen LogP contribution in [0.5, 0.6) is 5.75 Å². The van der Waals surface area contributed by atoms with Crippen LogP contribution in [0.25, 0.3) is 0 Å². The SMILES string of the molecule is Cc1nc(COc2cccc(C(=O)OCC(=O)N(C)CC(=O)Nc3c(C)cccc3C)c2)cs1. The average Bonchev–Trinajstić information content (AvgIpc) is 3.23. The third-order valence-corrected chi connectivity index (χ3v) is 5.82. The van der Waals surface area contributed by atoms with Crippen LogP contribution in [0.3, 0.4) is 0 Å². The average molecular weight is 482 g/mol. The Morgan fingerprint density at radius 1 is 1.06 bits per heavy atom. The molecule has 1 aromatic heterocycles. The van der Waals surface area contributed by atoms with Crippen LogP contribution in [0.15, 0.2) is 47.8 Å². The maximum Gasteiger partial charge on any atom is 0.338 e. The quantitative estimate of drug-likeness (QED) is 0.466. The van der Waals surface area contributed by atoms with Crippen molar-refractivity contribution in [3.8, 4) is 5.75 Å². The number of aryl methyl sites for hydroxylation is 3. The van der Waals surface area contributed by atoms with E-state index in [0.717, 1.165) is 27.5 Å². The molecule has 2 aromatic carbocycles. The fourth-order valence-electron chi connectivity index (χ4n) is 3.16. The molecule has 0 radical (unpaired) electrons. The molecule has 0 saturated carbocycles. The molecule has 178 valence electrons. The van der Waals surface area contributed by atoms with Crippen molar-refractivity contribution >= 4 is 34.8 Å². The van der Waals surface area contributed by atoms with Crippen molar-refractivity contribution in [1.82, 2.24) is 9.88 Å². The number of carbonyl (C=O) groups is 3. The predicted octanol–water partition coefficient (Wildman–Crippen LogP) is 3.90. The summed E-state index contributed by atoms with van der Waals surface area (Å²) in [6, 6.07) is 12.2. The molecular formula is C25H27N3O5S. The van der Waals surface area contributed by atoms with Crippen LogP contribution >= 0.6 is 11.3 Å². The third kappa shape index (κ3) is 6.89. The van der Waals surface area contributed by atoms with Gasteiger partial charge in [-0.1, -0.05) is 24.3 Å². The highest BCUT2D eigenvalue weighted by Gasteiger charge is 2.17. The lowest BCUT2D eigenvalue weighted by Crippen LogP contribution is -2.37. The lowest BCUT2D eigenvalue weighted by molar-refractivity contribution is -0.136. The maximum atomic E-state index is 12.4. The number of para-hydroxylation sites is 1. The van der Waals surface area contributed by atoms with Crippen LogP contribution in [0.1, 0.15) is 32.2 Å². The largest absolute Gasteiger partial charge is 0.487 e. The number of esters is 1. The molecule has 3 aromatic rings. The zero-order valence-corrected chi connectivity index (χ0v) is 20.4. The fraction of sp³-hybridized carbons (Fsp3) is 0.280. The second-order valence-corrected chi connectivity index (χ2v) is 8.88. The van der Waals surface area contributed by atoms with E-state index in [1.165, 1.54) is 23.3 Å². The van der Waals surface area contributed by atoms with E-state index < -0.39 is 18.5 Å². The lowest BCUT2D eigenvalue weighted by atomic mass is 10.1. The molecule has 0 aliphatic carbocycles. The molecule has 0 aliphatic rings. The first-order valence-corrected chi connectivity index (χ1v) is 11.5. The Bertz CT molecular complexity index is 1170. The number of amides is 2. The van der Waals surface area contributed by atoms with E-state index in [4.69, 9.17) is 9.47 Å². The van der Waals surface area contributed by atoms with Gasteiger partial charge >= 0.3 is 5.97 Å². The van der Waals surface area contributed by atoms with E-state index in [9.17, 15) is 14.4 Å². The molecule has 8 nitrogen and oxygen atoms in total. The van der Waals surface area contributed by atoms with E-state index in [1.54, 1.807) is 24.3 Å². The molecule has 1 N–H and O–H groups in total. The summed E-state index contributed by atoms with van der Waals surface area (Å²) in [6.07, 6.45) is 0. The molecule has 0 bridgehead atoms. The highest BCUT2D eigenvalue weighted by molar-refractivity contribution is 7.09. The van der Waals surface area contributed by atoms with E-state index in [1.807, 2.05) is 44.4 Å². The number of aromatic nitrogens is 1. The number of ether oxygens (including phenoxy) is 2. The van der Waals surface area contributed by atoms with Gasteiger partial charge in [-0.25, -0.2) is 9.78 Å². The van der Waals surface area contributed by atoms with Crippen molar-refractivity contribution in [3.63, 3.8) is 0 Å². The van der Waals surface area contributed by atoms with E-state index in [-0.39, 0.29) is 24.6 Å². The Morgan fingerprint density at radius 3 is 2.44 bits per heavy atom. The minimum atomic E-state index is -0.656. The number of hydrogen-bond acceptors (Lipinski definition) is 7. The van der Waals surface area contributed by atoms with E-state index in [0.29, 0.717) is 5.75 Å². The van der Waals surface area contributed by atoms with E-state index in [2.05, 4.69) is 10.3 Å². The molecule has 0 unspecified atom stereocenters. The van der Waals surface area contributed by atoms with Crippen LogP contribution in [0, 0.1) is 20.8 Å². The summed E-state index contributed by atoms with van der Waals surface area (Å²) in [5.41, 5.74) is 3.67. The van der Waals surface area contributed by atoms with Gasteiger partial charge in [0.15, 0.2) is 6.61 Å². The molecule has 3 rings (SSSR count). The third-order valence-electron chi connectivity index (χ3n) is 5.00. The molecule has 0 saturated heterocycles. The number of nitrogens with one attached hydrogen (secondary N) is 1. The summed E-state index contributed by atoms with van der Waals surface area (Å²) in [5, 5.41) is 5.69. The van der Waals surface area contributed by atoms with Gasteiger partial charge in [-0.3, -0.25) is 9.59 Å². The highest BCUT2D eigenvalue weighted by Crippen LogP contribution is 2.19. The second-order valence-electron chi connectivity index (χ2n) is 7.82. The summed E-state index contributed by atoms with van der Waals surface area (Å²) in [6.45, 7) is 5.36. The Kier molecular flexibility index (Phi) is 8.37. The lowest BCUT2D eigenvalue weighted by Gasteiger charge is -2.18. The summed E-state index contributed by atoms with van der Waals surface area (Å²) >= 11 is 1.54. The summed E-state index contributed by atoms with van der Waals surface area (Å²) in [4.78, 5) is 42.7. The summed E-state index contributed by atoms with van der Waals surface area (Å²) in [7, 11) is 1.48. The number of benzene rings is 2. The predicted molar refractivity (Wildman–Crippen MR) is 130 cm³/mol. The zero-order chi connectivity index (χ0) is 24.7. The number of rotatable bonds is 9.